The number of para-hydroxylation sites is 1. The summed E-state index contributed by atoms with van der Waals surface area (Å²) in [7, 11) is 1.75. The molecule has 0 aliphatic carbocycles. The van der Waals surface area contributed by atoms with Crippen molar-refractivity contribution in [3.05, 3.63) is 59.9 Å². The van der Waals surface area contributed by atoms with Crippen LogP contribution in [0.3, 0.4) is 0 Å². The lowest BCUT2D eigenvalue weighted by molar-refractivity contribution is 0.160. The van der Waals surface area contributed by atoms with Gasteiger partial charge in [0.05, 0.1) is 12.8 Å². The van der Waals surface area contributed by atoms with E-state index in [4.69, 9.17) is 4.74 Å². The van der Waals surface area contributed by atoms with Gasteiger partial charge in [-0.05, 0) is 50.6 Å². The van der Waals surface area contributed by atoms with Crippen LogP contribution < -0.4 is 10.1 Å². The van der Waals surface area contributed by atoms with Gasteiger partial charge in [0, 0.05) is 30.9 Å². The van der Waals surface area contributed by atoms with Crippen molar-refractivity contribution >= 4 is 0 Å². The lowest BCUT2D eigenvalue weighted by Gasteiger charge is -2.31. The Morgan fingerprint density at radius 3 is 2.79 bits per heavy atom. The summed E-state index contributed by atoms with van der Waals surface area (Å²) in [6.07, 6.45) is 5.53. The number of aromatic nitrogens is 1. The molecule has 1 aromatic carbocycles. The van der Waals surface area contributed by atoms with Gasteiger partial charge in [0.25, 0.3) is 0 Å². The van der Waals surface area contributed by atoms with Crippen LogP contribution in [0.1, 0.15) is 30.5 Å². The Hall–Kier alpha value is -1.91. The van der Waals surface area contributed by atoms with Crippen LogP contribution in [-0.2, 0) is 13.1 Å². The first-order valence-corrected chi connectivity index (χ1v) is 8.83. The molecule has 2 heterocycles. The molecule has 0 saturated carbocycles. The molecule has 1 aromatic heterocycles. The zero-order valence-corrected chi connectivity index (χ0v) is 14.4. The maximum absolute atomic E-state index is 5.55. The minimum absolute atomic E-state index is 0.576. The van der Waals surface area contributed by atoms with Gasteiger partial charge in [0.2, 0.25) is 0 Å². The van der Waals surface area contributed by atoms with Crippen LogP contribution in [0.25, 0.3) is 0 Å². The highest BCUT2D eigenvalue weighted by Gasteiger charge is 2.21. The highest BCUT2D eigenvalue weighted by Crippen LogP contribution is 2.24. The van der Waals surface area contributed by atoms with Crippen LogP contribution in [0.2, 0.25) is 0 Å². The third kappa shape index (κ3) is 4.56. The molecule has 24 heavy (non-hydrogen) atoms. The first-order chi connectivity index (χ1) is 11.9. The molecule has 1 aliphatic rings. The average molecular weight is 325 g/mol. The molecule has 1 aliphatic heterocycles. The van der Waals surface area contributed by atoms with Gasteiger partial charge in [-0.15, -0.1) is 0 Å². The highest BCUT2D eigenvalue weighted by atomic mass is 16.5. The number of hydrogen-bond donors (Lipinski definition) is 1. The zero-order valence-electron chi connectivity index (χ0n) is 14.4. The normalized spacial score (nSPS) is 18.3. The maximum Gasteiger partial charge on any atom is 0.123 e. The van der Waals surface area contributed by atoms with Gasteiger partial charge >= 0.3 is 0 Å². The molecule has 0 bridgehead atoms. The van der Waals surface area contributed by atoms with Gasteiger partial charge in [-0.1, -0.05) is 24.3 Å². The van der Waals surface area contributed by atoms with Crippen LogP contribution in [0.15, 0.2) is 48.7 Å². The minimum Gasteiger partial charge on any atom is -0.496 e. The zero-order chi connectivity index (χ0) is 16.6. The monoisotopic (exact) mass is 325 g/mol. The van der Waals surface area contributed by atoms with Gasteiger partial charge in [-0.2, -0.15) is 0 Å². The van der Waals surface area contributed by atoms with E-state index in [1.807, 2.05) is 24.4 Å². The Kier molecular flexibility index (Phi) is 6.21. The number of pyridine rings is 1. The fourth-order valence-electron chi connectivity index (χ4n) is 3.43. The Bertz CT molecular complexity index is 609. The van der Waals surface area contributed by atoms with Crippen LogP contribution in [-0.4, -0.2) is 36.1 Å². The lowest BCUT2D eigenvalue weighted by Crippen LogP contribution is -2.35. The van der Waals surface area contributed by atoms with Crippen molar-refractivity contribution in [3.8, 4) is 5.75 Å². The van der Waals surface area contributed by atoms with Crippen molar-refractivity contribution in [2.45, 2.75) is 38.4 Å². The number of rotatable bonds is 6. The van der Waals surface area contributed by atoms with Crippen molar-refractivity contribution < 1.29 is 4.74 Å². The van der Waals surface area contributed by atoms with Gasteiger partial charge in [0.1, 0.15) is 5.75 Å². The van der Waals surface area contributed by atoms with Gasteiger partial charge < -0.3 is 10.1 Å². The molecule has 0 spiro atoms. The van der Waals surface area contributed by atoms with E-state index in [0.29, 0.717) is 6.04 Å². The van der Waals surface area contributed by atoms with Crippen molar-refractivity contribution in [1.82, 2.24) is 15.2 Å². The van der Waals surface area contributed by atoms with Crippen molar-refractivity contribution in [3.63, 3.8) is 0 Å². The standard InChI is InChI=1S/C20H27N3O/c1-24-20-10-3-2-7-17(20)15-23(16-18-8-4-5-13-22-18)19-9-6-12-21-14-11-19/h2-5,7-8,10,13,19,21H,6,9,11-12,14-16H2,1H3/t19-/m0/s1. The first kappa shape index (κ1) is 16.9. The van der Waals surface area contributed by atoms with Crippen LogP contribution in [0, 0.1) is 0 Å². The number of ether oxygens (including phenoxy) is 1. The molecular formula is C20H27N3O. The Morgan fingerprint density at radius 1 is 1.08 bits per heavy atom. The van der Waals surface area contributed by atoms with Crippen molar-refractivity contribution in [1.29, 1.82) is 0 Å². The summed E-state index contributed by atoms with van der Waals surface area (Å²) in [5.74, 6) is 0.968. The van der Waals surface area contributed by atoms with Gasteiger partial charge in [-0.25, -0.2) is 0 Å². The summed E-state index contributed by atoms with van der Waals surface area (Å²) >= 11 is 0. The van der Waals surface area contributed by atoms with E-state index < -0.39 is 0 Å². The average Bonchev–Trinajstić information content (AvgIpc) is 2.92. The van der Waals surface area contributed by atoms with Crippen molar-refractivity contribution in [2.24, 2.45) is 0 Å². The fraction of sp³-hybridized carbons (Fsp3) is 0.450. The molecule has 1 saturated heterocycles. The van der Waals surface area contributed by atoms with E-state index in [9.17, 15) is 0 Å². The predicted molar refractivity (Wildman–Crippen MR) is 97.0 cm³/mol. The number of nitrogens with zero attached hydrogens (tertiary/aromatic N) is 2. The Labute approximate surface area is 144 Å². The van der Waals surface area contributed by atoms with E-state index in [1.54, 1.807) is 7.11 Å². The van der Waals surface area contributed by atoms with Gasteiger partial charge in [-0.3, -0.25) is 9.88 Å². The van der Waals surface area contributed by atoms with Crippen LogP contribution in [0.5, 0.6) is 5.75 Å². The van der Waals surface area contributed by atoms with E-state index in [0.717, 1.165) is 37.6 Å². The second kappa shape index (κ2) is 8.81. The topological polar surface area (TPSA) is 37.4 Å². The quantitative estimate of drug-likeness (QED) is 0.885. The molecule has 4 nitrogen and oxygen atoms in total. The molecule has 4 heteroatoms. The Morgan fingerprint density at radius 2 is 1.96 bits per heavy atom. The summed E-state index contributed by atoms with van der Waals surface area (Å²) in [4.78, 5) is 7.10. The van der Waals surface area contributed by atoms with E-state index in [-0.39, 0.29) is 0 Å². The molecule has 0 radical (unpaired) electrons. The van der Waals surface area contributed by atoms with E-state index in [1.165, 1.54) is 24.8 Å². The summed E-state index contributed by atoms with van der Waals surface area (Å²) in [6, 6.07) is 15.1. The Balaban J connectivity index is 1.80. The third-order valence-electron chi connectivity index (χ3n) is 4.72. The van der Waals surface area contributed by atoms with E-state index in [2.05, 4.69) is 39.5 Å². The molecule has 1 fully saturated rings. The molecule has 1 N–H and O–H groups in total. The van der Waals surface area contributed by atoms with Crippen LogP contribution >= 0.6 is 0 Å². The predicted octanol–water partition coefficient (Wildman–Crippen LogP) is 3.23. The molecule has 1 atom stereocenters. The SMILES string of the molecule is COc1ccccc1CN(Cc1ccccn1)[C@H]1CCCNCC1. The van der Waals surface area contributed by atoms with Crippen molar-refractivity contribution in [2.75, 3.05) is 20.2 Å². The smallest absolute Gasteiger partial charge is 0.123 e. The lowest BCUT2D eigenvalue weighted by atomic mass is 10.0. The second-order valence-corrected chi connectivity index (χ2v) is 6.37. The highest BCUT2D eigenvalue weighted by molar-refractivity contribution is 5.33. The summed E-state index contributed by atoms with van der Waals surface area (Å²) in [5.41, 5.74) is 2.37. The van der Waals surface area contributed by atoms with Crippen LogP contribution in [0.4, 0.5) is 0 Å². The second-order valence-electron chi connectivity index (χ2n) is 6.37. The number of nitrogens with one attached hydrogen (secondary N) is 1. The van der Waals surface area contributed by atoms with E-state index >= 15 is 0 Å². The number of methoxy groups -OCH3 is 1. The fourth-order valence-corrected chi connectivity index (χ4v) is 3.43. The summed E-state index contributed by atoms with van der Waals surface area (Å²) in [5, 5.41) is 3.52. The third-order valence-corrected chi connectivity index (χ3v) is 4.72. The molecule has 128 valence electrons. The largest absolute Gasteiger partial charge is 0.496 e. The molecule has 3 rings (SSSR count). The molecular weight excluding hydrogens is 298 g/mol. The molecule has 0 amide bonds. The maximum atomic E-state index is 5.55. The minimum atomic E-state index is 0.576. The number of benzene rings is 1. The molecule has 0 unspecified atom stereocenters. The van der Waals surface area contributed by atoms with Gasteiger partial charge in [0.15, 0.2) is 0 Å². The first-order valence-electron chi connectivity index (χ1n) is 8.83. The molecule has 2 aromatic rings. The number of hydrogen-bond acceptors (Lipinski definition) is 4. The summed E-state index contributed by atoms with van der Waals surface area (Å²) < 4.78 is 5.55. The summed E-state index contributed by atoms with van der Waals surface area (Å²) in [6.45, 7) is 3.99.